The molecule has 1 aromatic heterocycles. The van der Waals surface area contributed by atoms with Crippen molar-refractivity contribution < 1.29 is 0 Å². The lowest BCUT2D eigenvalue weighted by atomic mass is 9.93. The molecule has 0 amide bonds. The average molecular weight is 504 g/mol. The molecule has 4 heteroatoms. The summed E-state index contributed by atoms with van der Waals surface area (Å²) >= 11 is 3.75. The van der Waals surface area contributed by atoms with E-state index in [9.17, 15) is 0 Å². The molecule has 0 saturated heterocycles. The molecule has 0 saturated carbocycles. The highest BCUT2D eigenvalue weighted by Crippen LogP contribution is 2.40. The largest absolute Gasteiger partial charge is 0.212 e. The lowest BCUT2D eigenvalue weighted by molar-refractivity contribution is 0.764. The number of aromatic nitrogens is 3. The van der Waals surface area contributed by atoms with Crippen LogP contribution in [0.2, 0.25) is 0 Å². The minimum Gasteiger partial charge on any atom is -0.212 e. The number of hydrogen-bond acceptors (Lipinski definition) is 3. The Labute approximate surface area is 208 Å². The van der Waals surface area contributed by atoms with E-state index < -0.39 is 0 Å². The summed E-state index contributed by atoms with van der Waals surface area (Å²) in [6.45, 7) is 1.99. The molecule has 0 radical (unpaired) electrons. The van der Waals surface area contributed by atoms with E-state index in [0.29, 0.717) is 11.6 Å². The monoisotopic (exact) mass is 503 g/mol. The maximum absolute atomic E-state index is 6.00. The average Bonchev–Trinajstić information content (AvgIpc) is 2.90. The number of rotatable bonds is 4. The van der Waals surface area contributed by atoms with Crippen molar-refractivity contribution in [1.29, 1.82) is 0 Å². The Morgan fingerprint density at radius 2 is 1.68 bits per heavy atom. The van der Waals surface area contributed by atoms with E-state index in [4.69, 9.17) is 21.4 Å². The highest BCUT2D eigenvalue weighted by Gasteiger charge is 2.22. The van der Waals surface area contributed by atoms with Crippen LogP contribution in [0.25, 0.3) is 39.6 Å². The Bertz CT molecular complexity index is 1510. The SMILES string of the molecule is C#Cc1c(/C=C\C)c(-c2nc(-c3ccccc3)nc(C3C=CC=CC3)n2)c2ccccc2c1Br. The molecule has 164 valence electrons. The number of allylic oxidation sites excluding steroid dienone is 5. The molecule has 1 aliphatic rings. The van der Waals surface area contributed by atoms with Crippen molar-refractivity contribution in [3.05, 3.63) is 106 Å². The second kappa shape index (κ2) is 9.59. The van der Waals surface area contributed by atoms with E-state index in [-0.39, 0.29) is 5.92 Å². The van der Waals surface area contributed by atoms with Gasteiger partial charge in [0.05, 0.1) is 0 Å². The zero-order valence-electron chi connectivity index (χ0n) is 18.7. The molecule has 0 aliphatic heterocycles. The van der Waals surface area contributed by atoms with Gasteiger partial charge < -0.3 is 0 Å². The summed E-state index contributed by atoms with van der Waals surface area (Å²) in [6.07, 6.45) is 19.3. The fourth-order valence-electron chi connectivity index (χ4n) is 4.29. The summed E-state index contributed by atoms with van der Waals surface area (Å²) in [5, 5.41) is 2.07. The molecule has 1 atom stereocenters. The molecule has 1 heterocycles. The third kappa shape index (κ3) is 4.00. The fraction of sp³-hybridized carbons (Fsp3) is 0.100. The zero-order chi connectivity index (χ0) is 23.5. The second-order valence-electron chi connectivity index (χ2n) is 8.03. The normalized spacial score (nSPS) is 15.1. The molecule has 1 unspecified atom stereocenters. The summed E-state index contributed by atoms with van der Waals surface area (Å²) < 4.78 is 0.903. The fourth-order valence-corrected chi connectivity index (χ4v) is 4.96. The predicted octanol–water partition coefficient (Wildman–Crippen LogP) is 7.74. The van der Waals surface area contributed by atoms with E-state index >= 15 is 0 Å². The van der Waals surface area contributed by atoms with Crippen LogP contribution < -0.4 is 0 Å². The summed E-state index contributed by atoms with van der Waals surface area (Å²) in [6, 6.07) is 18.2. The predicted molar refractivity (Wildman–Crippen MR) is 144 cm³/mol. The van der Waals surface area contributed by atoms with Gasteiger partial charge in [0.25, 0.3) is 0 Å². The van der Waals surface area contributed by atoms with Crippen molar-refractivity contribution >= 4 is 32.8 Å². The first-order chi connectivity index (χ1) is 16.7. The zero-order valence-corrected chi connectivity index (χ0v) is 20.3. The van der Waals surface area contributed by atoms with E-state index in [1.54, 1.807) is 0 Å². The van der Waals surface area contributed by atoms with Crippen LogP contribution in [0.4, 0.5) is 0 Å². The van der Waals surface area contributed by atoms with Crippen molar-refractivity contribution in [1.82, 2.24) is 15.0 Å². The molecule has 3 nitrogen and oxygen atoms in total. The second-order valence-corrected chi connectivity index (χ2v) is 8.82. The summed E-state index contributed by atoms with van der Waals surface area (Å²) in [5.41, 5.74) is 3.58. The molecule has 34 heavy (non-hydrogen) atoms. The van der Waals surface area contributed by atoms with Gasteiger partial charge in [-0.05, 0) is 40.0 Å². The minimum atomic E-state index is 0.0909. The Kier molecular flexibility index (Phi) is 6.20. The maximum Gasteiger partial charge on any atom is 0.165 e. The van der Waals surface area contributed by atoms with Crippen molar-refractivity contribution in [2.45, 2.75) is 19.3 Å². The number of benzene rings is 3. The quantitative estimate of drug-likeness (QED) is 0.267. The molecule has 5 rings (SSSR count). The lowest BCUT2D eigenvalue weighted by Gasteiger charge is -2.18. The third-order valence-electron chi connectivity index (χ3n) is 5.89. The standard InChI is InChI=1S/C30H22BrN3/c1-3-13-23-22(4-2)27(31)25-19-12-11-18-24(25)26(23)30-33-28(20-14-7-5-8-15-20)32-29(34-30)21-16-9-6-10-17-21/h2-3,5-16,18-19,21H,17H2,1H3/b13-3-. The van der Waals surface area contributed by atoms with Gasteiger partial charge in [0.2, 0.25) is 0 Å². The van der Waals surface area contributed by atoms with Crippen LogP contribution in [0.3, 0.4) is 0 Å². The van der Waals surface area contributed by atoms with Gasteiger partial charge in [-0.15, -0.1) is 6.42 Å². The van der Waals surface area contributed by atoms with E-state index in [2.05, 4.69) is 58.3 Å². The van der Waals surface area contributed by atoms with Gasteiger partial charge in [-0.25, -0.2) is 15.0 Å². The van der Waals surface area contributed by atoms with Crippen molar-refractivity contribution in [3.63, 3.8) is 0 Å². The summed E-state index contributed by atoms with van der Waals surface area (Å²) in [4.78, 5) is 14.9. The molecule has 0 N–H and O–H groups in total. The van der Waals surface area contributed by atoms with Crippen molar-refractivity contribution in [2.24, 2.45) is 0 Å². The highest BCUT2D eigenvalue weighted by molar-refractivity contribution is 9.10. The Balaban J connectivity index is 1.87. The first-order valence-corrected chi connectivity index (χ1v) is 12.0. The van der Waals surface area contributed by atoms with Gasteiger partial charge in [0, 0.05) is 32.6 Å². The number of terminal acetylenes is 1. The molecule has 0 spiro atoms. The molecule has 1 aliphatic carbocycles. The van der Waals surface area contributed by atoms with Gasteiger partial charge >= 0.3 is 0 Å². The molecule has 3 aromatic carbocycles. The highest BCUT2D eigenvalue weighted by atomic mass is 79.9. The molecule has 0 fully saturated rings. The van der Waals surface area contributed by atoms with E-state index in [0.717, 1.165) is 49.7 Å². The van der Waals surface area contributed by atoms with E-state index in [1.807, 2.05) is 61.5 Å². The van der Waals surface area contributed by atoms with Crippen LogP contribution in [0.5, 0.6) is 0 Å². The Morgan fingerprint density at radius 3 is 2.38 bits per heavy atom. The maximum atomic E-state index is 6.00. The van der Waals surface area contributed by atoms with Crippen LogP contribution in [0.1, 0.15) is 36.2 Å². The molecule has 4 aromatic rings. The minimum absolute atomic E-state index is 0.0909. The summed E-state index contributed by atoms with van der Waals surface area (Å²) in [7, 11) is 0. The van der Waals surface area contributed by atoms with E-state index in [1.165, 1.54) is 0 Å². The van der Waals surface area contributed by atoms with Gasteiger partial charge in [0.1, 0.15) is 5.82 Å². The number of halogens is 1. The number of fused-ring (bicyclic) bond motifs is 1. The van der Waals surface area contributed by atoms with Crippen LogP contribution in [-0.2, 0) is 0 Å². The molecule has 0 bridgehead atoms. The van der Waals surface area contributed by atoms with Gasteiger partial charge in [-0.1, -0.05) is 97.0 Å². The number of hydrogen-bond donors (Lipinski definition) is 0. The van der Waals surface area contributed by atoms with Crippen LogP contribution in [0, 0.1) is 12.3 Å². The van der Waals surface area contributed by atoms with Gasteiger partial charge in [0.15, 0.2) is 11.6 Å². The van der Waals surface area contributed by atoms with Crippen LogP contribution in [-0.4, -0.2) is 15.0 Å². The third-order valence-corrected chi connectivity index (χ3v) is 6.71. The first-order valence-electron chi connectivity index (χ1n) is 11.2. The van der Waals surface area contributed by atoms with Gasteiger partial charge in [-0.3, -0.25) is 0 Å². The number of nitrogens with zero attached hydrogens (tertiary/aromatic N) is 3. The molecular formula is C30H22BrN3. The first kappa shape index (κ1) is 22.0. The van der Waals surface area contributed by atoms with Crippen LogP contribution >= 0.6 is 15.9 Å². The Morgan fingerprint density at radius 1 is 0.941 bits per heavy atom. The van der Waals surface area contributed by atoms with Crippen molar-refractivity contribution in [3.8, 4) is 35.1 Å². The summed E-state index contributed by atoms with van der Waals surface area (Å²) in [5.74, 6) is 5.01. The van der Waals surface area contributed by atoms with Crippen molar-refractivity contribution in [2.75, 3.05) is 0 Å². The van der Waals surface area contributed by atoms with Gasteiger partial charge in [-0.2, -0.15) is 0 Å². The smallest absolute Gasteiger partial charge is 0.165 e. The topological polar surface area (TPSA) is 38.7 Å². The van der Waals surface area contributed by atoms with Crippen LogP contribution in [0.15, 0.2) is 89.5 Å². The lowest BCUT2D eigenvalue weighted by Crippen LogP contribution is -2.09. The molecular weight excluding hydrogens is 482 g/mol. The Hall–Kier alpha value is -3.81.